The van der Waals surface area contributed by atoms with Crippen LogP contribution in [0.5, 0.6) is 0 Å². The Kier molecular flexibility index (Phi) is 3.48. The number of anilines is 2. The Hall–Kier alpha value is -1.67. The molecule has 0 spiro atoms. The summed E-state index contributed by atoms with van der Waals surface area (Å²) in [6.07, 6.45) is 3.14. The Morgan fingerprint density at radius 3 is 2.72 bits per heavy atom. The first-order valence-electron chi connectivity index (χ1n) is 5.11. The smallest absolute Gasteiger partial charge is 0.267 e. The maximum atomic E-state index is 12.2. The Bertz CT molecular complexity index is 651. The van der Waals surface area contributed by atoms with Crippen LogP contribution in [0.25, 0.3) is 0 Å². The molecule has 0 aromatic carbocycles. The van der Waals surface area contributed by atoms with E-state index in [1.807, 2.05) is 6.92 Å². The van der Waals surface area contributed by atoms with E-state index in [1.165, 1.54) is 23.6 Å². The highest BCUT2D eigenvalue weighted by Crippen LogP contribution is 2.23. The molecule has 2 N–H and O–H groups in total. The largest absolute Gasteiger partial charge is 0.372 e. The third-order valence-electron chi connectivity index (χ3n) is 2.14. The summed E-state index contributed by atoms with van der Waals surface area (Å²) in [4.78, 5) is 8.97. The van der Waals surface area contributed by atoms with Gasteiger partial charge in [0.15, 0.2) is 5.13 Å². The molecule has 0 radical (unpaired) electrons. The molecule has 0 aliphatic carbocycles. The van der Waals surface area contributed by atoms with Crippen LogP contribution < -0.4 is 10.0 Å². The van der Waals surface area contributed by atoms with Crippen LogP contribution in [0.4, 0.5) is 10.9 Å². The Labute approximate surface area is 109 Å². The molecule has 0 aliphatic rings. The molecule has 0 unspecified atom stereocenters. The molecular weight excluding hydrogens is 272 g/mol. The average Bonchev–Trinajstić information content (AvgIpc) is 2.74. The summed E-state index contributed by atoms with van der Waals surface area (Å²) in [5.41, 5.74) is 0. The summed E-state index contributed by atoms with van der Waals surface area (Å²) in [7, 11) is -2.05. The number of nitrogens with one attached hydrogen (secondary N) is 2. The van der Waals surface area contributed by atoms with Crippen molar-refractivity contribution in [3.63, 3.8) is 0 Å². The molecule has 0 atom stereocenters. The molecule has 2 rings (SSSR count). The zero-order valence-electron chi connectivity index (χ0n) is 9.84. The second kappa shape index (κ2) is 4.91. The second-order valence-corrected chi connectivity index (χ2v) is 6.37. The SMILES string of the molecule is CNc1ncccc1S(=O)(=O)Nc1ncc(C)s1. The average molecular weight is 284 g/mol. The van der Waals surface area contributed by atoms with Crippen molar-refractivity contribution in [1.29, 1.82) is 0 Å². The Balaban J connectivity index is 2.36. The van der Waals surface area contributed by atoms with Gasteiger partial charge >= 0.3 is 0 Å². The number of nitrogens with zero attached hydrogens (tertiary/aromatic N) is 2. The summed E-state index contributed by atoms with van der Waals surface area (Å²) >= 11 is 1.28. The zero-order chi connectivity index (χ0) is 13.2. The first kappa shape index (κ1) is 12.8. The van der Waals surface area contributed by atoms with Gasteiger partial charge in [0.25, 0.3) is 10.0 Å². The number of sulfonamides is 1. The van der Waals surface area contributed by atoms with Gasteiger partial charge in [-0.2, -0.15) is 0 Å². The molecule has 8 heteroatoms. The van der Waals surface area contributed by atoms with Crippen LogP contribution >= 0.6 is 11.3 Å². The summed E-state index contributed by atoms with van der Waals surface area (Å²) in [5, 5.41) is 3.09. The monoisotopic (exact) mass is 284 g/mol. The predicted molar refractivity (Wildman–Crippen MR) is 71.4 cm³/mol. The van der Waals surface area contributed by atoms with E-state index in [0.717, 1.165) is 4.88 Å². The van der Waals surface area contributed by atoms with Gasteiger partial charge in [-0.25, -0.2) is 18.4 Å². The third kappa shape index (κ3) is 2.59. The quantitative estimate of drug-likeness (QED) is 0.892. The molecule has 18 heavy (non-hydrogen) atoms. The van der Waals surface area contributed by atoms with Crippen LogP contribution in [-0.2, 0) is 10.0 Å². The van der Waals surface area contributed by atoms with E-state index >= 15 is 0 Å². The van der Waals surface area contributed by atoms with Crippen molar-refractivity contribution in [3.05, 3.63) is 29.4 Å². The standard InChI is InChI=1S/C10H12N4O2S2/c1-7-6-13-10(17-7)14-18(15,16)8-4-3-5-12-9(8)11-2/h3-6H,1-2H3,(H,11,12)(H,13,14). The van der Waals surface area contributed by atoms with E-state index in [4.69, 9.17) is 0 Å². The van der Waals surface area contributed by atoms with Gasteiger partial charge in [0.2, 0.25) is 0 Å². The summed E-state index contributed by atoms with van der Waals surface area (Å²) in [6, 6.07) is 3.06. The number of aryl methyl sites for hydroxylation is 1. The molecule has 2 heterocycles. The fourth-order valence-corrected chi connectivity index (χ4v) is 3.44. The fourth-order valence-electron chi connectivity index (χ4n) is 1.37. The lowest BCUT2D eigenvalue weighted by atomic mass is 10.5. The number of thiazole rings is 1. The lowest BCUT2D eigenvalue weighted by Gasteiger charge is -2.08. The maximum Gasteiger partial charge on any atom is 0.267 e. The van der Waals surface area contributed by atoms with Crippen molar-refractivity contribution in [2.24, 2.45) is 0 Å². The Morgan fingerprint density at radius 1 is 1.33 bits per heavy atom. The van der Waals surface area contributed by atoms with E-state index in [1.54, 1.807) is 19.3 Å². The fraction of sp³-hybridized carbons (Fsp3) is 0.200. The minimum absolute atomic E-state index is 0.0975. The number of pyridine rings is 1. The molecule has 0 saturated heterocycles. The van der Waals surface area contributed by atoms with Crippen LogP contribution in [0.15, 0.2) is 29.4 Å². The predicted octanol–water partition coefficient (Wildman–Crippen LogP) is 1.69. The van der Waals surface area contributed by atoms with Gasteiger partial charge in [0.05, 0.1) is 0 Å². The molecule has 6 nitrogen and oxygen atoms in total. The van der Waals surface area contributed by atoms with Gasteiger partial charge in [-0.1, -0.05) is 0 Å². The minimum atomic E-state index is -3.67. The number of aromatic nitrogens is 2. The van der Waals surface area contributed by atoms with Crippen molar-refractivity contribution in [2.45, 2.75) is 11.8 Å². The van der Waals surface area contributed by atoms with Crippen molar-refractivity contribution in [1.82, 2.24) is 9.97 Å². The first-order chi connectivity index (χ1) is 8.53. The van der Waals surface area contributed by atoms with Crippen molar-refractivity contribution in [2.75, 3.05) is 17.1 Å². The van der Waals surface area contributed by atoms with E-state index < -0.39 is 10.0 Å². The summed E-state index contributed by atoms with van der Waals surface area (Å²) < 4.78 is 26.8. The number of hydrogen-bond donors (Lipinski definition) is 2. The molecule has 2 aromatic heterocycles. The molecule has 0 aliphatic heterocycles. The van der Waals surface area contributed by atoms with E-state index in [0.29, 0.717) is 10.9 Å². The molecule has 2 aromatic rings. The van der Waals surface area contributed by atoms with Gasteiger partial charge in [-0.05, 0) is 19.1 Å². The number of rotatable bonds is 4. The molecule has 0 fully saturated rings. The van der Waals surface area contributed by atoms with Gasteiger partial charge in [-0.3, -0.25) is 4.72 Å². The van der Waals surface area contributed by atoms with Gasteiger partial charge in [0.1, 0.15) is 10.7 Å². The molecule has 0 saturated carbocycles. The van der Waals surface area contributed by atoms with Crippen LogP contribution in [0, 0.1) is 6.92 Å². The van der Waals surface area contributed by atoms with Gasteiger partial charge in [0, 0.05) is 24.3 Å². The van der Waals surface area contributed by atoms with Gasteiger partial charge in [-0.15, -0.1) is 11.3 Å². The third-order valence-corrected chi connectivity index (χ3v) is 4.47. The highest BCUT2D eigenvalue weighted by Gasteiger charge is 2.20. The molecule has 0 amide bonds. The van der Waals surface area contributed by atoms with E-state index in [2.05, 4.69) is 20.0 Å². The first-order valence-corrected chi connectivity index (χ1v) is 7.41. The zero-order valence-corrected chi connectivity index (χ0v) is 11.5. The van der Waals surface area contributed by atoms with Crippen molar-refractivity contribution in [3.8, 4) is 0 Å². The van der Waals surface area contributed by atoms with Crippen molar-refractivity contribution < 1.29 is 8.42 Å². The number of hydrogen-bond acceptors (Lipinski definition) is 6. The van der Waals surface area contributed by atoms with Crippen LogP contribution in [0.2, 0.25) is 0 Å². The molecule has 96 valence electrons. The Morgan fingerprint density at radius 2 is 2.11 bits per heavy atom. The van der Waals surface area contributed by atoms with E-state index in [-0.39, 0.29) is 4.90 Å². The normalized spacial score (nSPS) is 11.2. The van der Waals surface area contributed by atoms with Crippen LogP contribution in [0.3, 0.4) is 0 Å². The van der Waals surface area contributed by atoms with Crippen molar-refractivity contribution >= 4 is 32.3 Å². The highest BCUT2D eigenvalue weighted by molar-refractivity contribution is 7.93. The summed E-state index contributed by atoms with van der Waals surface area (Å²) in [6.45, 7) is 1.86. The second-order valence-electron chi connectivity index (χ2n) is 3.48. The van der Waals surface area contributed by atoms with Gasteiger partial charge < -0.3 is 5.32 Å². The van der Waals surface area contributed by atoms with Crippen LogP contribution in [-0.4, -0.2) is 25.4 Å². The molecule has 0 bridgehead atoms. The summed E-state index contributed by atoms with van der Waals surface area (Å²) in [5.74, 6) is 0.304. The lowest BCUT2D eigenvalue weighted by molar-refractivity contribution is 0.601. The van der Waals surface area contributed by atoms with E-state index in [9.17, 15) is 8.42 Å². The topological polar surface area (TPSA) is 84.0 Å². The highest BCUT2D eigenvalue weighted by atomic mass is 32.2. The minimum Gasteiger partial charge on any atom is -0.372 e. The lowest BCUT2D eigenvalue weighted by Crippen LogP contribution is -2.15. The maximum absolute atomic E-state index is 12.2. The van der Waals surface area contributed by atoms with Crippen LogP contribution in [0.1, 0.15) is 4.88 Å². The molecular formula is C10H12N4O2S2.